The molecular formula is C22H26ClFN6O3S. The molecule has 0 amide bonds. The molecule has 6 rings (SSSR count). The zero-order valence-corrected chi connectivity index (χ0v) is 20.4. The van der Waals surface area contributed by atoms with Crippen molar-refractivity contribution in [2.45, 2.75) is 43.5 Å². The Balaban J connectivity index is 1.42. The van der Waals surface area contributed by atoms with Crippen molar-refractivity contribution < 1.29 is 19.0 Å². The van der Waals surface area contributed by atoms with Crippen LogP contribution in [0.3, 0.4) is 0 Å². The van der Waals surface area contributed by atoms with Crippen LogP contribution in [-0.2, 0) is 4.74 Å². The molecule has 0 bridgehead atoms. The van der Waals surface area contributed by atoms with Gasteiger partial charge >= 0.3 is 6.01 Å². The standard InChI is InChI=1S/C22H26ClFN6O3S/c1-21(31)10-29(5-6-32-11-21)18-15-14-8-25-28-17(23)16(14)34-19(15)27-20(26-18)33-12-22-3-2-4-30(22)9-13(24)7-22/h8,13,31H,2-7,9-12H2,1H3/t13-,21+,22+/m1/s1. The third-order valence-corrected chi connectivity index (χ3v) is 8.53. The molecule has 0 aromatic carbocycles. The zero-order valence-electron chi connectivity index (χ0n) is 18.8. The predicted octanol–water partition coefficient (Wildman–Crippen LogP) is 2.83. The molecule has 1 N–H and O–H groups in total. The van der Waals surface area contributed by atoms with Gasteiger partial charge in [0.25, 0.3) is 0 Å². The van der Waals surface area contributed by atoms with E-state index < -0.39 is 11.8 Å². The predicted molar refractivity (Wildman–Crippen MR) is 128 cm³/mol. The summed E-state index contributed by atoms with van der Waals surface area (Å²) < 4.78 is 26.8. The molecule has 3 aromatic rings. The van der Waals surface area contributed by atoms with Crippen molar-refractivity contribution >= 4 is 49.1 Å². The number of anilines is 1. The van der Waals surface area contributed by atoms with E-state index in [9.17, 15) is 9.50 Å². The van der Waals surface area contributed by atoms with Gasteiger partial charge in [0.15, 0.2) is 5.15 Å². The first-order valence-electron chi connectivity index (χ1n) is 11.5. The fraction of sp³-hybridized carbons (Fsp3) is 0.636. The van der Waals surface area contributed by atoms with Gasteiger partial charge in [-0.15, -0.1) is 16.4 Å². The van der Waals surface area contributed by atoms with Gasteiger partial charge in [-0.2, -0.15) is 15.1 Å². The van der Waals surface area contributed by atoms with Crippen LogP contribution in [-0.4, -0.2) is 93.5 Å². The van der Waals surface area contributed by atoms with Gasteiger partial charge in [-0.3, -0.25) is 4.90 Å². The minimum absolute atomic E-state index is 0.236. The Labute approximate surface area is 204 Å². The van der Waals surface area contributed by atoms with Gasteiger partial charge in [0.1, 0.15) is 29.0 Å². The van der Waals surface area contributed by atoms with Crippen LogP contribution in [0.2, 0.25) is 5.15 Å². The molecule has 6 heterocycles. The number of nitrogens with zero attached hydrogens (tertiary/aromatic N) is 6. The zero-order chi connectivity index (χ0) is 23.5. The summed E-state index contributed by atoms with van der Waals surface area (Å²) in [4.78, 5) is 14.4. The Morgan fingerprint density at radius 2 is 2.26 bits per heavy atom. The summed E-state index contributed by atoms with van der Waals surface area (Å²) in [6, 6.07) is 0.236. The Morgan fingerprint density at radius 3 is 3.15 bits per heavy atom. The van der Waals surface area contributed by atoms with E-state index in [4.69, 9.17) is 31.0 Å². The molecule has 9 nitrogen and oxygen atoms in total. The maximum absolute atomic E-state index is 14.2. The molecular weight excluding hydrogens is 483 g/mol. The number of rotatable bonds is 4. The lowest BCUT2D eigenvalue weighted by molar-refractivity contribution is -0.0123. The van der Waals surface area contributed by atoms with E-state index in [2.05, 4.69) is 15.1 Å². The molecule has 3 aliphatic rings. The van der Waals surface area contributed by atoms with Gasteiger partial charge < -0.3 is 19.5 Å². The average molecular weight is 509 g/mol. The van der Waals surface area contributed by atoms with Gasteiger partial charge in [-0.1, -0.05) is 11.6 Å². The number of hydrogen-bond donors (Lipinski definition) is 1. The second-order valence-electron chi connectivity index (χ2n) is 9.83. The summed E-state index contributed by atoms with van der Waals surface area (Å²) in [5.74, 6) is 0.636. The van der Waals surface area contributed by atoms with Crippen molar-refractivity contribution in [1.29, 1.82) is 0 Å². The monoisotopic (exact) mass is 508 g/mol. The average Bonchev–Trinajstić information content (AvgIpc) is 3.40. The van der Waals surface area contributed by atoms with Gasteiger partial charge in [-0.05, 0) is 26.3 Å². The summed E-state index contributed by atoms with van der Waals surface area (Å²) in [5.41, 5.74) is -1.34. The fourth-order valence-corrected chi connectivity index (χ4v) is 6.84. The van der Waals surface area contributed by atoms with Gasteiger partial charge in [0.2, 0.25) is 0 Å². The van der Waals surface area contributed by atoms with Crippen LogP contribution in [0.4, 0.5) is 10.2 Å². The maximum atomic E-state index is 14.2. The lowest BCUT2D eigenvalue weighted by atomic mass is 9.95. The van der Waals surface area contributed by atoms with Crippen LogP contribution in [0.25, 0.3) is 20.3 Å². The Morgan fingerprint density at radius 1 is 1.38 bits per heavy atom. The van der Waals surface area contributed by atoms with Crippen LogP contribution in [0.15, 0.2) is 6.20 Å². The molecule has 0 unspecified atom stereocenters. The first-order chi connectivity index (χ1) is 16.3. The third-order valence-electron chi connectivity index (χ3n) is 7.05. The molecule has 3 saturated heterocycles. The number of aliphatic hydroxyl groups is 1. The molecule has 0 spiro atoms. The Bertz CT molecular complexity index is 1240. The minimum atomic E-state index is -1.04. The number of alkyl halides is 1. The fourth-order valence-electron chi connectivity index (χ4n) is 5.57. The van der Waals surface area contributed by atoms with E-state index in [0.717, 1.165) is 34.9 Å². The molecule has 3 aromatic heterocycles. The van der Waals surface area contributed by atoms with Crippen LogP contribution in [0, 0.1) is 0 Å². The number of ether oxygens (including phenoxy) is 2. The van der Waals surface area contributed by atoms with Gasteiger partial charge in [-0.25, -0.2) is 4.39 Å². The van der Waals surface area contributed by atoms with E-state index in [0.29, 0.717) is 55.1 Å². The highest BCUT2D eigenvalue weighted by molar-refractivity contribution is 7.26. The molecule has 12 heteroatoms. The van der Waals surface area contributed by atoms with Crippen molar-refractivity contribution in [3.05, 3.63) is 11.3 Å². The summed E-state index contributed by atoms with van der Waals surface area (Å²) >= 11 is 7.75. The first kappa shape index (κ1) is 22.5. The second-order valence-corrected chi connectivity index (χ2v) is 11.2. The van der Waals surface area contributed by atoms with E-state index in [-0.39, 0.29) is 18.2 Å². The largest absolute Gasteiger partial charge is 0.461 e. The van der Waals surface area contributed by atoms with E-state index in [1.165, 1.54) is 11.3 Å². The molecule has 0 saturated carbocycles. The van der Waals surface area contributed by atoms with E-state index in [1.54, 1.807) is 13.1 Å². The Hall–Kier alpha value is -1.92. The van der Waals surface area contributed by atoms with Gasteiger partial charge in [0.05, 0.1) is 41.6 Å². The smallest absolute Gasteiger partial charge is 0.319 e. The molecule has 0 radical (unpaired) electrons. The van der Waals surface area contributed by atoms with Crippen molar-refractivity contribution in [1.82, 2.24) is 25.1 Å². The lowest BCUT2D eigenvalue weighted by Gasteiger charge is -2.31. The highest BCUT2D eigenvalue weighted by atomic mass is 35.5. The minimum Gasteiger partial charge on any atom is -0.461 e. The molecule has 0 aliphatic carbocycles. The first-order valence-corrected chi connectivity index (χ1v) is 12.7. The number of aromatic nitrogens is 4. The highest BCUT2D eigenvalue weighted by Gasteiger charge is 2.49. The second kappa shape index (κ2) is 8.34. The summed E-state index contributed by atoms with van der Waals surface area (Å²) in [5, 5.41) is 20.7. The number of halogens is 2. The summed E-state index contributed by atoms with van der Waals surface area (Å²) in [6.45, 7) is 5.03. The van der Waals surface area contributed by atoms with Crippen molar-refractivity contribution in [2.75, 3.05) is 50.9 Å². The number of hydrogen-bond acceptors (Lipinski definition) is 10. The van der Waals surface area contributed by atoms with Crippen molar-refractivity contribution in [2.24, 2.45) is 0 Å². The van der Waals surface area contributed by atoms with Crippen LogP contribution < -0.4 is 9.64 Å². The lowest BCUT2D eigenvalue weighted by Crippen LogP contribution is -2.43. The van der Waals surface area contributed by atoms with Crippen molar-refractivity contribution in [3.8, 4) is 6.01 Å². The summed E-state index contributed by atoms with van der Waals surface area (Å²) in [6.07, 6.45) is 3.26. The molecule has 182 valence electrons. The maximum Gasteiger partial charge on any atom is 0.319 e. The molecule has 3 fully saturated rings. The van der Waals surface area contributed by atoms with E-state index in [1.807, 2.05) is 4.90 Å². The van der Waals surface area contributed by atoms with Crippen molar-refractivity contribution in [3.63, 3.8) is 0 Å². The van der Waals surface area contributed by atoms with Crippen LogP contribution >= 0.6 is 22.9 Å². The Kier molecular flexibility index (Phi) is 5.53. The van der Waals surface area contributed by atoms with Gasteiger partial charge in [0, 0.05) is 24.9 Å². The van der Waals surface area contributed by atoms with E-state index >= 15 is 0 Å². The normalized spacial score (nSPS) is 30.2. The third kappa shape index (κ3) is 3.87. The highest BCUT2D eigenvalue weighted by Crippen LogP contribution is 2.43. The quantitative estimate of drug-likeness (QED) is 0.570. The SMILES string of the molecule is C[C@@]1(O)COCCN(c2nc(OC[C@@]34CCCN3C[C@H](F)C4)nc3sc4c(Cl)nncc4c23)C1. The molecule has 3 atom stereocenters. The topological polar surface area (TPSA) is 96.7 Å². The van der Waals surface area contributed by atoms with Crippen LogP contribution in [0.5, 0.6) is 6.01 Å². The molecule has 3 aliphatic heterocycles. The molecule has 34 heavy (non-hydrogen) atoms. The summed E-state index contributed by atoms with van der Waals surface area (Å²) in [7, 11) is 0. The number of fused-ring (bicyclic) bond motifs is 4. The number of thiophene rings is 1. The number of β-amino-alcohol motifs (C(OH)–C–C–N with tert-alkyl or cyclic N) is 1. The van der Waals surface area contributed by atoms with Crippen LogP contribution in [0.1, 0.15) is 26.2 Å².